The van der Waals surface area contributed by atoms with Crippen LogP contribution < -0.4 is 10.2 Å². The number of anilines is 1. The number of carbonyl (C=O) groups excluding carboxylic acids is 4. The number of nitrogens with one attached hydrogen (secondary N) is 1. The second-order valence-electron chi connectivity index (χ2n) is 12.2. The quantitative estimate of drug-likeness (QED) is 0.259. The number of amides is 4. The minimum atomic E-state index is -1.10. The lowest BCUT2D eigenvalue weighted by molar-refractivity contribution is -0.138. The van der Waals surface area contributed by atoms with Crippen LogP contribution in [0.5, 0.6) is 0 Å². The average molecular weight is 659 g/mol. The molecular weight excluding hydrogens is 616 g/mol. The van der Waals surface area contributed by atoms with Gasteiger partial charge >= 0.3 is 0 Å². The molecular formula is C39H42N6O4. The van der Waals surface area contributed by atoms with Gasteiger partial charge in [0.2, 0.25) is 5.91 Å². The fourth-order valence-corrected chi connectivity index (χ4v) is 6.43. The molecule has 2 unspecified atom stereocenters. The first-order valence-corrected chi connectivity index (χ1v) is 16.7. The standard InChI is InChI=1S/C39H42N6O4/c1-4-22-41-28(3)29-16-18-33(19-17-29)45(39(49)34-15-9-10-24-44(34)35(46)5-2)36(31-14-11-23-40-27-31)37(47)42-32-20-25-43(26-21-32)38(48)30-12-7-6-8-13-30/h2,4,6-8,11-14,16-19,22-23,27,32,34,36H,9-10,15,20-21,24-26H2,1,3H3,(H,42,47)/b22-4-,41-28?. The Morgan fingerprint density at radius 1 is 0.959 bits per heavy atom. The summed E-state index contributed by atoms with van der Waals surface area (Å²) >= 11 is 0. The van der Waals surface area contributed by atoms with E-state index in [4.69, 9.17) is 6.42 Å². The number of likely N-dealkylation sites (tertiary alicyclic amines) is 2. The molecule has 3 aromatic rings. The Balaban J connectivity index is 1.47. The van der Waals surface area contributed by atoms with E-state index in [0.29, 0.717) is 55.7 Å². The summed E-state index contributed by atoms with van der Waals surface area (Å²) in [6.07, 6.45) is 15.3. The molecule has 3 heterocycles. The third-order valence-electron chi connectivity index (χ3n) is 9.05. The molecule has 2 aliphatic rings. The van der Waals surface area contributed by atoms with Crippen molar-refractivity contribution in [3.8, 4) is 12.3 Å². The monoisotopic (exact) mass is 658 g/mol. The van der Waals surface area contributed by atoms with E-state index in [1.54, 1.807) is 59.9 Å². The smallest absolute Gasteiger partial charge is 0.298 e. The van der Waals surface area contributed by atoms with Crippen LogP contribution in [0.3, 0.4) is 0 Å². The van der Waals surface area contributed by atoms with Gasteiger partial charge in [-0.2, -0.15) is 0 Å². The summed E-state index contributed by atoms with van der Waals surface area (Å²) in [4.78, 5) is 68.5. The van der Waals surface area contributed by atoms with Crippen LogP contribution >= 0.6 is 0 Å². The number of terminal acetylenes is 1. The van der Waals surface area contributed by atoms with Crippen molar-refractivity contribution in [2.45, 2.75) is 64.1 Å². The summed E-state index contributed by atoms with van der Waals surface area (Å²) in [6.45, 7) is 5.12. The second-order valence-corrected chi connectivity index (χ2v) is 12.2. The van der Waals surface area contributed by atoms with Crippen molar-refractivity contribution >= 4 is 35.0 Å². The molecule has 10 heteroatoms. The zero-order valence-corrected chi connectivity index (χ0v) is 28.0. The molecule has 0 saturated carbocycles. The van der Waals surface area contributed by atoms with Gasteiger partial charge in [0.1, 0.15) is 12.1 Å². The minimum absolute atomic E-state index is 0.0385. The highest BCUT2D eigenvalue weighted by Crippen LogP contribution is 2.32. The molecule has 49 heavy (non-hydrogen) atoms. The molecule has 0 bridgehead atoms. The molecule has 0 aliphatic carbocycles. The predicted molar refractivity (Wildman–Crippen MR) is 190 cm³/mol. The topological polar surface area (TPSA) is 115 Å². The third kappa shape index (κ3) is 8.30. The maximum atomic E-state index is 14.7. The van der Waals surface area contributed by atoms with E-state index in [-0.39, 0.29) is 17.9 Å². The van der Waals surface area contributed by atoms with Gasteiger partial charge in [-0.15, -0.1) is 6.42 Å². The van der Waals surface area contributed by atoms with Crippen molar-refractivity contribution in [1.82, 2.24) is 20.1 Å². The predicted octanol–water partition coefficient (Wildman–Crippen LogP) is 4.93. The molecule has 1 aromatic heterocycles. The molecule has 2 atom stereocenters. The molecule has 10 nitrogen and oxygen atoms in total. The third-order valence-corrected chi connectivity index (χ3v) is 9.05. The van der Waals surface area contributed by atoms with E-state index in [0.717, 1.165) is 24.1 Å². The van der Waals surface area contributed by atoms with Crippen molar-refractivity contribution < 1.29 is 19.2 Å². The number of carbonyl (C=O) groups is 4. The van der Waals surface area contributed by atoms with Crippen molar-refractivity contribution in [3.05, 3.63) is 108 Å². The molecule has 0 radical (unpaired) electrons. The summed E-state index contributed by atoms with van der Waals surface area (Å²) < 4.78 is 0. The number of hydrogen-bond acceptors (Lipinski definition) is 6. The van der Waals surface area contributed by atoms with Gasteiger partial charge in [0.25, 0.3) is 17.7 Å². The molecule has 0 spiro atoms. The van der Waals surface area contributed by atoms with Gasteiger partial charge in [-0.25, -0.2) is 0 Å². The first-order valence-electron chi connectivity index (χ1n) is 16.7. The Morgan fingerprint density at radius 2 is 1.69 bits per heavy atom. The Kier molecular flexibility index (Phi) is 11.7. The molecule has 2 aliphatic heterocycles. The number of piperidine rings is 2. The largest absolute Gasteiger partial charge is 0.351 e. The maximum absolute atomic E-state index is 14.7. The zero-order chi connectivity index (χ0) is 34.8. The van der Waals surface area contributed by atoms with E-state index < -0.39 is 23.9 Å². The molecule has 1 N–H and O–H groups in total. The normalized spacial score (nSPS) is 17.7. The lowest BCUT2D eigenvalue weighted by Gasteiger charge is -2.40. The highest BCUT2D eigenvalue weighted by molar-refractivity contribution is 6.07. The Hall–Kier alpha value is -5.56. The van der Waals surface area contributed by atoms with E-state index in [2.05, 4.69) is 21.2 Å². The van der Waals surface area contributed by atoms with Crippen LogP contribution in [0.1, 0.15) is 73.5 Å². The van der Waals surface area contributed by atoms with Crippen LogP contribution in [0.15, 0.2) is 96.4 Å². The first kappa shape index (κ1) is 34.8. The van der Waals surface area contributed by atoms with Gasteiger partial charge in [0.15, 0.2) is 0 Å². The van der Waals surface area contributed by atoms with Crippen molar-refractivity contribution in [2.75, 3.05) is 24.5 Å². The van der Waals surface area contributed by atoms with Gasteiger partial charge in [-0.1, -0.05) is 42.5 Å². The number of aromatic nitrogens is 1. The highest BCUT2D eigenvalue weighted by atomic mass is 16.2. The summed E-state index contributed by atoms with van der Waals surface area (Å²) in [6, 6.07) is 17.8. The lowest BCUT2D eigenvalue weighted by atomic mass is 9.96. The summed E-state index contributed by atoms with van der Waals surface area (Å²) in [5.74, 6) is 0.804. The number of pyridine rings is 1. The summed E-state index contributed by atoms with van der Waals surface area (Å²) in [7, 11) is 0. The fourth-order valence-electron chi connectivity index (χ4n) is 6.43. The maximum Gasteiger partial charge on any atom is 0.298 e. The van der Waals surface area contributed by atoms with Gasteiger partial charge in [-0.05, 0) is 87.8 Å². The first-order chi connectivity index (χ1) is 23.8. The lowest BCUT2D eigenvalue weighted by Crippen LogP contribution is -2.56. The van der Waals surface area contributed by atoms with E-state index in [1.165, 1.54) is 9.80 Å². The average Bonchev–Trinajstić information content (AvgIpc) is 3.16. The molecule has 2 fully saturated rings. The molecule has 2 aromatic carbocycles. The SMILES string of the molecule is C#CC(=O)N1CCCCC1C(=O)N(c1ccc(C(C)=N/C=C\C)cc1)C(C(=O)NC1CCN(C(=O)c2ccccc2)CC1)c1cccnc1. The summed E-state index contributed by atoms with van der Waals surface area (Å²) in [5, 5.41) is 3.18. The van der Waals surface area contributed by atoms with Crippen molar-refractivity contribution in [2.24, 2.45) is 4.99 Å². The van der Waals surface area contributed by atoms with E-state index >= 15 is 0 Å². The van der Waals surface area contributed by atoms with Crippen LogP contribution in [0.2, 0.25) is 0 Å². The second kappa shape index (κ2) is 16.5. The van der Waals surface area contributed by atoms with Crippen LogP contribution in [-0.2, 0) is 14.4 Å². The van der Waals surface area contributed by atoms with Gasteiger partial charge in [0, 0.05) is 66.8 Å². The Labute approximate surface area is 287 Å². The van der Waals surface area contributed by atoms with Crippen LogP contribution in [0, 0.1) is 12.3 Å². The molecule has 2 saturated heterocycles. The number of nitrogens with zero attached hydrogens (tertiary/aromatic N) is 5. The minimum Gasteiger partial charge on any atom is -0.351 e. The van der Waals surface area contributed by atoms with Crippen molar-refractivity contribution in [3.63, 3.8) is 0 Å². The van der Waals surface area contributed by atoms with Crippen LogP contribution in [0.25, 0.3) is 0 Å². The number of hydrogen-bond donors (Lipinski definition) is 1. The van der Waals surface area contributed by atoms with Gasteiger partial charge < -0.3 is 15.1 Å². The summed E-state index contributed by atoms with van der Waals surface area (Å²) in [5.41, 5.74) is 3.28. The molecule has 5 rings (SSSR count). The number of benzene rings is 2. The number of allylic oxidation sites excluding steroid dienone is 1. The Bertz CT molecular complexity index is 1720. The highest BCUT2D eigenvalue weighted by Gasteiger charge is 2.41. The van der Waals surface area contributed by atoms with Gasteiger partial charge in [0.05, 0.1) is 0 Å². The zero-order valence-electron chi connectivity index (χ0n) is 28.0. The number of aliphatic imine (C=N–C) groups is 1. The van der Waals surface area contributed by atoms with Crippen LogP contribution in [-0.4, -0.2) is 75.8 Å². The van der Waals surface area contributed by atoms with Crippen LogP contribution in [0.4, 0.5) is 5.69 Å². The Morgan fingerprint density at radius 3 is 2.35 bits per heavy atom. The van der Waals surface area contributed by atoms with E-state index in [9.17, 15) is 19.2 Å². The molecule has 252 valence electrons. The molecule has 4 amide bonds. The number of rotatable bonds is 9. The van der Waals surface area contributed by atoms with Gasteiger partial charge in [-0.3, -0.25) is 34.1 Å². The van der Waals surface area contributed by atoms with E-state index in [1.807, 2.05) is 50.3 Å². The fraction of sp³-hybridized carbons (Fsp3) is 0.333. The van der Waals surface area contributed by atoms with Crippen molar-refractivity contribution in [1.29, 1.82) is 0 Å².